The van der Waals surface area contributed by atoms with Crippen LogP contribution in [0.3, 0.4) is 0 Å². The molecule has 4 rings (SSSR count). The lowest BCUT2D eigenvalue weighted by molar-refractivity contribution is -0.150. The van der Waals surface area contributed by atoms with Crippen LogP contribution in [0, 0.1) is 44.8 Å². The van der Waals surface area contributed by atoms with Crippen LogP contribution in [-0.4, -0.2) is 24.1 Å². The van der Waals surface area contributed by atoms with Gasteiger partial charge < -0.3 is 4.74 Å². The third-order valence-electron chi connectivity index (χ3n) is 11.0. The average molecular weight is 469 g/mol. The molecule has 0 saturated heterocycles. The fourth-order valence-electron chi connectivity index (χ4n) is 8.04. The van der Waals surface area contributed by atoms with Gasteiger partial charge >= 0.3 is 5.97 Å². The van der Waals surface area contributed by atoms with Gasteiger partial charge in [-0.05, 0) is 78.8 Å². The van der Waals surface area contributed by atoms with E-state index < -0.39 is 16.2 Å². The zero-order valence-electron chi connectivity index (χ0n) is 22.8. The molecule has 0 N–H and O–H groups in total. The fourth-order valence-corrected chi connectivity index (χ4v) is 8.04. The Labute approximate surface area is 206 Å². The lowest BCUT2D eigenvalue weighted by Crippen LogP contribution is -2.35. The standard InChI is InChI=1S/C30H44O4/c1-10-34-25(33)30(15-18(2)3,16-19-21-11-13-28(8,23(19)31)26(21,4)5)17-20-22-12-14-29(9,24(20)32)27(22,6)7/h16-18,21-22H,10-15H2,1-9H3/b19-16-,20-17-/t21-,22-,28-,29-/m1/s1. The van der Waals surface area contributed by atoms with Gasteiger partial charge in [0.2, 0.25) is 0 Å². The zero-order chi connectivity index (χ0) is 25.5. The first-order valence-corrected chi connectivity index (χ1v) is 13.3. The summed E-state index contributed by atoms with van der Waals surface area (Å²) in [6, 6.07) is 0. The summed E-state index contributed by atoms with van der Waals surface area (Å²) in [5, 5.41) is 0. The highest BCUT2D eigenvalue weighted by Crippen LogP contribution is 2.67. The number of rotatable bonds is 6. The van der Waals surface area contributed by atoms with Crippen LogP contribution in [0.4, 0.5) is 0 Å². The molecular weight excluding hydrogens is 424 g/mol. The molecule has 4 fully saturated rings. The van der Waals surface area contributed by atoms with Crippen LogP contribution in [0.25, 0.3) is 0 Å². The number of ketones is 2. The summed E-state index contributed by atoms with van der Waals surface area (Å²) in [7, 11) is 0. The maximum absolute atomic E-state index is 13.8. The first kappa shape index (κ1) is 25.4. The highest BCUT2D eigenvalue weighted by molar-refractivity contribution is 6.07. The maximum Gasteiger partial charge on any atom is 0.319 e. The summed E-state index contributed by atoms with van der Waals surface area (Å²) in [5.41, 5.74) is -0.610. The average Bonchev–Trinajstić information content (AvgIpc) is 3.21. The topological polar surface area (TPSA) is 60.4 Å². The lowest BCUT2D eigenvalue weighted by Gasteiger charge is -2.31. The van der Waals surface area contributed by atoms with E-state index in [1.165, 1.54) is 0 Å². The van der Waals surface area contributed by atoms with E-state index in [2.05, 4.69) is 55.4 Å². The first-order valence-electron chi connectivity index (χ1n) is 13.3. The lowest BCUT2D eigenvalue weighted by atomic mass is 9.70. The quantitative estimate of drug-likeness (QED) is 0.330. The number of hydrogen-bond donors (Lipinski definition) is 0. The van der Waals surface area contributed by atoms with Crippen LogP contribution < -0.4 is 0 Å². The predicted molar refractivity (Wildman–Crippen MR) is 134 cm³/mol. The Kier molecular flexibility index (Phi) is 5.71. The van der Waals surface area contributed by atoms with Gasteiger partial charge in [-0.25, -0.2) is 0 Å². The van der Waals surface area contributed by atoms with Gasteiger partial charge in [0.1, 0.15) is 5.41 Å². The van der Waals surface area contributed by atoms with Crippen LogP contribution in [0.2, 0.25) is 0 Å². The molecule has 0 aliphatic heterocycles. The monoisotopic (exact) mass is 468 g/mol. The molecule has 34 heavy (non-hydrogen) atoms. The van der Waals surface area contributed by atoms with Gasteiger partial charge in [-0.1, -0.05) is 67.5 Å². The second-order valence-corrected chi connectivity index (χ2v) is 13.5. The van der Waals surface area contributed by atoms with Crippen LogP contribution in [0.5, 0.6) is 0 Å². The molecular formula is C30H44O4. The Morgan fingerprint density at radius 1 is 0.912 bits per heavy atom. The van der Waals surface area contributed by atoms with Gasteiger partial charge in [0.05, 0.1) is 6.61 Å². The predicted octanol–water partition coefficient (Wildman–Crippen LogP) is 6.49. The van der Waals surface area contributed by atoms with E-state index in [4.69, 9.17) is 4.74 Å². The Bertz CT molecular complexity index is 929. The van der Waals surface area contributed by atoms with E-state index >= 15 is 0 Å². The fraction of sp³-hybridized carbons (Fsp3) is 0.767. The number of allylic oxidation sites excluding steroid dienone is 2. The summed E-state index contributed by atoms with van der Waals surface area (Å²) in [6.07, 6.45) is 8.14. The van der Waals surface area contributed by atoms with Crippen molar-refractivity contribution in [3.05, 3.63) is 23.3 Å². The summed E-state index contributed by atoms with van der Waals surface area (Å²) in [5.74, 6) is 0.476. The van der Waals surface area contributed by atoms with Crippen molar-refractivity contribution >= 4 is 17.5 Å². The van der Waals surface area contributed by atoms with Crippen molar-refractivity contribution in [2.45, 2.75) is 94.4 Å². The van der Waals surface area contributed by atoms with E-state index in [1.54, 1.807) is 0 Å². The third kappa shape index (κ3) is 3.05. The zero-order valence-corrected chi connectivity index (χ0v) is 22.8. The number of Topliss-reactive ketones (excluding diaryl/α,β-unsaturated/α-hetero) is 2. The molecule has 0 radical (unpaired) electrons. The van der Waals surface area contributed by atoms with E-state index in [0.29, 0.717) is 6.42 Å². The van der Waals surface area contributed by atoms with Crippen molar-refractivity contribution in [1.29, 1.82) is 0 Å². The smallest absolute Gasteiger partial charge is 0.319 e. The molecule has 4 saturated carbocycles. The summed E-state index contributed by atoms with van der Waals surface area (Å²) < 4.78 is 5.66. The highest BCUT2D eigenvalue weighted by Gasteiger charge is 2.66. The summed E-state index contributed by atoms with van der Waals surface area (Å²) in [4.78, 5) is 41.2. The minimum atomic E-state index is -1.10. The molecule has 4 bridgehead atoms. The Morgan fingerprint density at radius 2 is 1.32 bits per heavy atom. The molecule has 4 aliphatic rings. The minimum absolute atomic E-state index is 0.133. The molecule has 0 aromatic heterocycles. The van der Waals surface area contributed by atoms with Gasteiger partial charge in [-0.15, -0.1) is 0 Å². The van der Waals surface area contributed by atoms with Crippen molar-refractivity contribution in [1.82, 2.24) is 0 Å². The molecule has 0 spiro atoms. The highest BCUT2D eigenvalue weighted by atomic mass is 16.5. The summed E-state index contributed by atoms with van der Waals surface area (Å²) in [6.45, 7) is 19.2. The number of carbonyl (C=O) groups is 3. The van der Waals surface area contributed by atoms with Crippen molar-refractivity contribution < 1.29 is 19.1 Å². The molecule has 0 heterocycles. The Morgan fingerprint density at radius 3 is 1.62 bits per heavy atom. The van der Waals surface area contributed by atoms with Crippen molar-refractivity contribution in [2.75, 3.05) is 6.61 Å². The molecule has 0 aromatic rings. The molecule has 4 aliphatic carbocycles. The van der Waals surface area contributed by atoms with Crippen LogP contribution >= 0.6 is 0 Å². The minimum Gasteiger partial charge on any atom is -0.465 e. The van der Waals surface area contributed by atoms with Gasteiger partial charge in [-0.2, -0.15) is 0 Å². The number of carbonyl (C=O) groups excluding carboxylic acids is 3. The maximum atomic E-state index is 13.8. The Balaban J connectivity index is 1.92. The van der Waals surface area contributed by atoms with Gasteiger partial charge in [0.15, 0.2) is 11.6 Å². The molecule has 188 valence electrons. The molecule has 0 aromatic carbocycles. The number of esters is 1. The van der Waals surface area contributed by atoms with Crippen molar-refractivity contribution in [3.63, 3.8) is 0 Å². The summed E-state index contributed by atoms with van der Waals surface area (Å²) >= 11 is 0. The number of hydrogen-bond acceptors (Lipinski definition) is 4. The molecule has 4 heteroatoms. The largest absolute Gasteiger partial charge is 0.465 e. The van der Waals surface area contributed by atoms with Crippen molar-refractivity contribution in [2.24, 2.45) is 44.8 Å². The second kappa shape index (κ2) is 7.64. The van der Waals surface area contributed by atoms with Gasteiger partial charge in [0, 0.05) is 10.8 Å². The third-order valence-corrected chi connectivity index (χ3v) is 11.0. The normalized spacial score (nSPS) is 38.1. The number of fused-ring (bicyclic) bond motifs is 4. The van der Waals surface area contributed by atoms with Gasteiger partial charge in [-0.3, -0.25) is 14.4 Å². The van der Waals surface area contributed by atoms with Crippen LogP contribution in [-0.2, 0) is 19.1 Å². The molecule has 0 amide bonds. The molecule has 4 nitrogen and oxygen atoms in total. The molecule has 0 unspecified atom stereocenters. The second-order valence-electron chi connectivity index (χ2n) is 13.5. The van der Waals surface area contributed by atoms with Crippen LogP contribution in [0.15, 0.2) is 23.3 Å². The van der Waals surface area contributed by atoms with Crippen LogP contribution in [0.1, 0.15) is 94.4 Å². The SMILES string of the molecule is CCOC(=O)C(/C=C1\C(=O)[C@@]2(C)CC[C@H]1C2(C)C)(/C=C1\C(=O)[C@@]2(C)CC[C@H]1C2(C)C)CC(C)C. The van der Waals surface area contributed by atoms with Crippen molar-refractivity contribution in [3.8, 4) is 0 Å². The molecule has 4 atom stereocenters. The first-order chi connectivity index (χ1) is 15.6. The van der Waals surface area contributed by atoms with E-state index in [0.717, 1.165) is 36.8 Å². The van der Waals surface area contributed by atoms with E-state index in [9.17, 15) is 14.4 Å². The van der Waals surface area contributed by atoms with Gasteiger partial charge in [0.25, 0.3) is 0 Å². The Hall–Kier alpha value is -1.71. The van der Waals surface area contributed by atoms with E-state index in [1.807, 2.05) is 19.1 Å². The van der Waals surface area contributed by atoms with E-state index in [-0.39, 0.29) is 52.7 Å². The number of ether oxygens (including phenoxy) is 1.